The van der Waals surface area contributed by atoms with Crippen molar-refractivity contribution in [3.8, 4) is 16.6 Å². The van der Waals surface area contributed by atoms with Gasteiger partial charge in [0.1, 0.15) is 16.8 Å². The van der Waals surface area contributed by atoms with Crippen LogP contribution in [0.15, 0.2) is 24.3 Å². The van der Waals surface area contributed by atoms with Crippen LogP contribution in [0.2, 0.25) is 0 Å². The number of anilines is 1. The fraction of sp³-hybridized carbons (Fsp3) is 0.231. The molecule has 7 heteroatoms. The molecular formula is C13H10F3N3S. The lowest BCUT2D eigenvalue weighted by Gasteiger charge is -2.11. The van der Waals surface area contributed by atoms with Crippen LogP contribution in [0.4, 0.5) is 19.0 Å². The molecule has 104 valence electrons. The Morgan fingerprint density at radius 2 is 2.10 bits per heavy atom. The van der Waals surface area contributed by atoms with E-state index in [0.717, 1.165) is 23.5 Å². The highest BCUT2D eigenvalue weighted by molar-refractivity contribution is 7.15. The number of pyridine rings is 1. The second kappa shape index (κ2) is 5.51. The topological polar surface area (TPSA) is 48.7 Å². The zero-order valence-electron chi connectivity index (χ0n) is 10.5. The van der Waals surface area contributed by atoms with Crippen molar-refractivity contribution in [1.29, 1.82) is 5.26 Å². The average Bonchev–Trinajstić information content (AvgIpc) is 2.86. The summed E-state index contributed by atoms with van der Waals surface area (Å²) < 4.78 is 38.6. The second-order valence-corrected chi connectivity index (χ2v) is 5.01. The quantitative estimate of drug-likeness (QED) is 0.926. The van der Waals surface area contributed by atoms with E-state index >= 15 is 0 Å². The van der Waals surface area contributed by atoms with Gasteiger partial charge in [-0.25, -0.2) is 4.98 Å². The number of halogens is 3. The zero-order chi connectivity index (χ0) is 14.8. The lowest BCUT2D eigenvalue weighted by atomic mass is 10.2. The molecule has 0 fully saturated rings. The third-order valence-corrected chi connectivity index (χ3v) is 3.49. The Hall–Kier alpha value is -2.07. The molecular weight excluding hydrogens is 287 g/mol. The molecule has 2 rings (SSSR count). The number of nitrogens with one attached hydrogen (secondary N) is 1. The monoisotopic (exact) mass is 297 g/mol. The number of nitriles is 1. The number of alkyl halides is 3. The molecule has 0 aliphatic rings. The molecule has 0 saturated carbocycles. The van der Waals surface area contributed by atoms with Gasteiger partial charge >= 0.3 is 6.18 Å². The molecule has 0 aromatic carbocycles. The molecule has 0 bridgehead atoms. The van der Waals surface area contributed by atoms with Gasteiger partial charge in [-0.2, -0.15) is 18.4 Å². The van der Waals surface area contributed by atoms with Crippen molar-refractivity contribution < 1.29 is 13.2 Å². The Morgan fingerprint density at radius 1 is 1.35 bits per heavy atom. The first-order valence-electron chi connectivity index (χ1n) is 5.77. The third-order valence-electron chi connectivity index (χ3n) is 2.48. The number of hydrogen-bond acceptors (Lipinski definition) is 4. The highest BCUT2D eigenvalue weighted by Gasteiger charge is 2.31. The van der Waals surface area contributed by atoms with Gasteiger partial charge in [0.15, 0.2) is 0 Å². The van der Waals surface area contributed by atoms with Crippen LogP contribution in [-0.4, -0.2) is 11.5 Å². The maximum atomic E-state index is 12.9. The third kappa shape index (κ3) is 3.08. The maximum Gasteiger partial charge on any atom is 0.416 e. The van der Waals surface area contributed by atoms with Gasteiger partial charge in [-0.15, -0.1) is 11.3 Å². The van der Waals surface area contributed by atoms with Crippen LogP contribution in [0.25, 0.3) is 10.6 Å². The van der Waals surface area contributed by atoms with Crippen molar-refractivity contribution in [1.82, 2.24) is 4.98 Å². The molecule has 0 spiro atoms. The van der Waals surface area contributed by atoms with Gasteiger partial charge in [-0.1, -0.05) is 0 Å². The number of hydrogen-bond donors (Lipinski definition) is 1. The number of nitrogens with zero attached hydrogens (tertiary/aromatic N) is 2. The highest BCUT2D eigenvalue weighted by Crippen LogP contribution is 2.35. The van der Waals surface area contributed by atoms with Crippen LogP contribution in [-0.2, 0) is 6.18 Å². The Balaban J connectivity index is 2.52. The maximum absolute atomic E-state index is 12.9. The van der Waals surface area contributed by atoms with Gasteiger partial charge in [-0.05, 0) is 31.2 Å². The smallest absolute Gasteiger partial charge is 0.370 e. The van der Waals surface area contributed by atoms with E-state index in [2.05, 4.69) is 10.3 Å². The van der Waals surface area contributed by atoms with Crippen molar-refractivity contribution in [2.75, 3.05) is 11.9 Å². The summed E-state index contributed by atoms with van der Waals surface area (Å²) in [4.78, 5) is 5.11. The lowest BCUT2D eigenvalue weighted by Crippen LogP contribution is -2.08. The van der Waals surface area contributed by atoms with E-state index in [1.165, 1.54) is 0 Å². The van der Waals surface area contributed by atoms with Gasteiger partial charge < -0.3 is 5.32 Å². The lowest BCUT2D eigenvalue weighted by molar-refractivity contribution is -0.137. The molecule has 2 aromatic rings. The predicted molar refractivity (Wildman–Crippen MR) is 71.4 cm³/mol. The summed E-state index contributed by atoms with van der Waals surface area (Å²) in [5.74, 6) is 0.171. The number of rotatable bonds is 3. The minimum absolute atomic E-state index is 0.171. The molecule has 0 aliphatic carbocycles. The van der Waals surface area contributed by atoms with Gasteiger partial charge in [0.05, 0.1) is 16.1 Å². The Bertz CT molecular complexity index is 656. The van der Waals surface area contributed by atoms with Crippen LogP contribution >= 0.6 is 11.3 Å². The molecule has 2 aromatic heterocycles. The summed E-state index contributed by atoms with van der Waals surface area (Å²) in [5.41, 5.74) is -0.548. The van der Waals surface area contributed by atoms with Gasteiger partial charge in [0.2, 0.25) is 0 Å². The predicted octanol–water partition coefficient (Wildman–Crippen LogP) is 4.13. The number of thiophene rings is 1. The highest BCUT2D eigenvalue weighted by atomic mass is 32.1. The summed E-state index contributed by atoms with van der Waals surface area (Å²) >= 11 is 1.11. The minimum atomic E-state index is -4.43. The first-order chi connectivity index (χ1) is 9.44. The largest absolute Gasteiger partial charge is 0.416 e. The van der Waals surface area contributed by atoms with E-state index < -0.39 is 11.7 Å². The van der Waals surface area contributed by atoms with E-state index in [0.29, 0.717) is 16.3 Å². The molecule has 0 radical (unpaired) electrons. The summed E-state index contributed by atoms with van der Waals surface area (Å²) in [7, 11) is 0. The van der Waals surface area contributed by atoms with Crippen molar-refractivity contribution in [2.24, 2.45) is 0 Å². The van der Waals surface area contributed by atoms with E-state index in [9.17, 15) is 13.2 Å². The Morgan fingerprint density at radius 3 is 2.65 bits per heavy atom. The van der Waals surface area contributed by atoms with Gasteiger partial charge in [-0.3, -0.25) is 0 Å². The molecule has 0 amide bonds. The van der Waals surface area contributed by atoms with Crippen molar-refractivity contribution in [3.63, 3.8) is 0 Å². The van der Waals surface area contributed by atoms with Crippen LogP contribution in [0.5, 0.6) is 0 Å². The minimum Gasteiger partial charge on any atom is -0.370 e. The first kappa shape index (κ1) is 14.3. The van der Waals surface area contributed by atoms with Crippen molar-refractivity contribution >= 4 is 17.2 Å². The second-order valence-electron chi connectivity index (χ2n) is 3.93. The van der Waals surface area contributed by atoms with Crippen LogP contribution in [0.3, 0.4) is 0 Å². The Labute approximate surface area is 117 Å². The van der Waals surface area contributed by atoms with Crippen molar-refractivity contribution in [2.45, 2.75) is 13.1 Å². The van der Waals surface area contributed by atoms with Gasteiger partial charge in [0.25, 0.3) is 0 Å². The van der Waals surface area contributed by atoms with Crippen LogP contribution in [0.1, 0.15) is 17.4 Å². The van der Waals surface area contributed by atoms with E-state index in [4.69, 9.17) is 5.26 Å². The molecule has 2 heterocycles. The fourth-order valence-corrected chi connectivity index (χ4v) is 2.39. The van der Waals surface area contributed by atoms with E-state index in [1.807, 2.05) is 6.07 Å². The molecule has 0 unspecified atom stereocenters. The summed E-state index contributed by atoms with van der Waals surface area (Å²) in [6.07, 6.45) is -4.43. The molecule has 20 heavy (non-hydrogen) atoms. The summed E-state index contributed by atoms with van der Waals surface area (Å²) in [6.45, 7) is 2.25. The fourth-order valence-electron chi connectivity index (χ4n) is 1.63. The van der Waals surface area contributed by atoms with Crippen molar-refractivity contribution in [3.05, 3.63) is 34.7 Å². The summed E-state index contributed by atoms with van der Waals surface area (Å²) in [5, 5.41) is 11.5. The molecule has 0 aliphatic heterocycles. The average molecular weight is 297 g/mol. The van der Waals surface area contributed by atoms with E-state index in [1.54, 1.807) is 19.1 Å². The normalized spacial score (nSPS) is 11.2. The molecule has 0 atom stereocenters. The molecule has 0 saturated heterocycles. The van der Waals surface area contributed by atoms with Crippen LogP contribution in [0, 0.1) is 11.3 Å². The van der Waals surface area contributed by atoms with Crippen LogP contribution < -0.4 is 5.32 Å². The number of aromatic nitrogens is 1. The zero-order valence-corrected chi connectivity index (χ0v) is 11.3. The van der Waals surface area contributed by atoms with Gasteiger partial charge in [0, 0.05) is 6.54 Å². The van der Waals surface area contributed by atoms with E-state index in [-0.39, 0.29) is 11.5 Å². The SMILES string of the molecule is CCNc1cc(C(F)(F)F)cc(-c2ccc(C#N)s2)n1. The molecule has 1 N–H and O–H groups in total. The molecule has 3 nitrogen and oxygen atoms in total. The summed E-state index contributed by atoms with van der Waals surface area (Å²) in [6, 6.07) is 7.09. The standard InChI is InChI=1S/C13H10F3N3S/c1-2-18-12-6-8(13(14,15)16)5-10(19-12)11-4-3-9(7-17)20-11/h3-6H,2H2,1H3,(H,18,19). The Kier molecular flexibility index (Phi) is 3.95. The first-order valence-corrected chi connectivity index (χ1v) is 6.59.